The summed E-state index contributed by atoms with van der Waals surface area (Å²) < 4.78 is 1.44. The molecule has 0 amide bonds. The van der Waals surface area contributed by atoms with Crippen molar-refractivity contribution in [1.29, 1.82) is 0 Å². The third-order valence-electron chi connectivity index (χ3n) is 3.96. The molecule has 0 aliphatic heterocycles. The first-order valence-electron chi connectivity index (χ1n) is 6.63. The molecule has 1 aliphatic carbocycles. The molecule has 1 N–H and O–H groups in total. The molecule has 98 valence electrons. The predicted octanol–water partition coefficient (Wildman–Crippen LogP) is 2.79. The van der Waals surface area contributed by atoms with Gasteiger partial charge in [-0.3, -0.25) is 0 Å². The molecule has 0 radical (unpaired) electrons. The Morgan fingerprint density at radius 1 is 1.28 bits per heavy atom. The number of hydrogen-bond donors (Lipinski definition) is 1. The van der Waals surface area contributed by atoms with Crippen molar-refractivity contribution in [2.24, 2.45) is 11.8 Å². The monoisotopic (exact) mass is 310 g/mol. The van der Waals surface area contributed by atoms with Crippen LogP contribution in [0.15, 0.2) is 42.5 Å². The molecule has 2 rings (SSSR count). The Morgan fingerprint density at radius 3 is 2.56 bits per heavy atom. The van der Waals surface area contributed by atoms with Gasteiger partial charge in [-0.15, -0.1) is 0 Å². The van der Waals surface area contributed by atoms with E-state index in [4.69, 9.17) is 0 Å². The standard InChI is InChI=1S/C16H22OSe/c1-11(2)13-9-15(17)12(3)16(10-13)18-14-7-5-4-6-8-14/h4-8,12-13,15-17H,1,9-10H2,2-3H3/t12-,13-,15+,16+/m0/s1. The molecule has 18 heavy (non-hydrogen) atoms. The fourth-order valence-electron chi connectivity index (χ4n) is 2.58. The normalized spacial score (nSPS) is 32.2. The second kappa shape index (κ2) is 6.06. The van der Waals surface area contributed by atoms with Crippen LogP contribution in [0.4, 0.5) is 0 Å². The molecular weight excluding hydrogens is 287 g/mol. The van der Waals surface area contributed by atoms with Crippen LogP contribution < -0.4 is 4.46 Å². The van der Waals surface area contributed by atoms with Gasteiger partial charge < -0.3 is 0 Å². The van der Waals surface area contributed by atoms with Crippen LogP contribution >= 0.6 is 0 Å². The van der Waals surface area contributed by atoms with E-state index >= 15 is 0 Å². The van der Waals surface area contributed by atoms with Crippen molar-refractivity contribution in [2.45, 2.75) is 37.6 Å². The first-order valence-corrected chi connectivity index (χ1v) is 8.47. The Balaban J connectivity index is 2.08. The molecule has 0 unspecified atom stereocenters. The maximum absolute atomic E-state index is 10.2. The third-order valence-corrected chi connectivity index (χ3v) is 7.05. The zero-order chi connectivity index (χ0) is 13.1. The molecule has 0 spiro atoms. The first-order chi connectivity index (χ1) is 8.58. The molecule has 0 heterocycles. The second-order valence-electron chi connectivity index (χ2n) is 5.41. The van der Waals surface area contributed by atoms with E-state index in [1.165, 1.54) is 16.5 Å². The summed E-state index contributed by atoms with van der Waals surface area (Å²) in [5, 5.41) is 10.2. The Bertz CT molecular complexity index is 401. The number of rotatable bonds is 3. The Morgan fingerprint density at radius 2 is 1.94 bits per heavy atom. The minimum atomic E-state index is -0.156. The second-order valence-corrected chi connectivity index (χ2v) is 8.16. The van der Waals surface area contributed by atoms with Gasteiger partial charge in [0.1, 0.15) is 0 Å². The number of allylic oxidation sites excluding steroid dienone is 1. The molecule has 1 fully saturated rings. The fourth-order valence-corrected chi connectivity index (χ4v) is 5.49. The van der Waals surface area contributed by atoms with E-state index in [1.54, 1.807) is 0 Å². The van der Waals surface area contributed by atoms with Gasteiger partial charge in [-0.25, -0.2) is 0 Å². The maximum atomic E-state index is 10.2. The van der Waals surface area contributed by atoms with Crippen molar-refractivity contribution in [3.63, 3.8) is 0 Å². The summed E-state index contributed by atoms with van der Waals surface area (Å²) in [5.74, 6) is 0.924. The predicted molar refractivity (Wildman–Crippen MR) is 78.3 cm³/mol. The van der Waals surface area contributed by atoms with Crippen LogP contribution in [0.2, 0.25) is 4.82 Å². The molecule has 1 aliphatic rings. The van der Waals surface area contributed by atoms with E-state index in [1.807, 2.05) is 0 Å². The summed E-state index contributed by atoms with van der Waals surface area (Å²) >= 11 is 0.454. The molecule has 4 atom stereocenters. The van der Waals surface area contributed by atoms with Crippen molar-refractivity contribution in [1.82, 2.24) is 0 Å². The van der Waals surface area contributed by atoms with Crippen LogP contribution in [0.25, 0.3) is 0 Å². The van der Waals surface area contributed by atoms with E-state index in [-0.39, 0.29) is 6.10 Å². The van der Waals surface area contributed by atoms with E-state index in [0.717, 1.165) is 6.42 Å². The van der Waals surface area contributed by atoms with Gasteiger partial charge in [0.15, 0.2) is 0 Å². The number of benzene rings is 1. The van der Waals surface area contributed by atoms with Crippen LogP contribution in [0, 0.1) is 11.8 Å². The van der Waals surface area contributed by atoms with Crippen molar-refractivity contribution in [2.75, 3.05) is 0 Å². The van der Waals surface area contributed by atoms with Crippen LogP contribution in [-0.4, -0.2) is 26.2 Å². The van der Waals surface area contributed by atoms with E-state index in [9.17, 15) is 5.11 Å². The molecule has 1 saturated carbocycles. The Labute approximate surface area is 116 Å². The van der Waals surface area contributed by atoms with Gasteiger partial charge in [-0.05, 0) is 0 Å². The zero-order valence-electron chi connectivity index (χ0n) is 11.2. The van der Waals surface area contributed by atoms with Crippen molar-refractivity contribution < 1.29 is 5.11 Å². The quantitative estimate of drug-likeness (QED) is 0.672. The van der Waals surface area contributed by atoms with Crippen molar-refractivity contribution >= 4 is 19.4 Å². The van der Waals surface area contributed by atoms with Gasteiger partial charge >= 0.3 is 116 Å². The van der Waals surface area contributed by atoms with Gasteiger partial charge in [0.2, 0.25) is 0 Å². The van der Waals surface area contributed by atoms with Crippen molar-refractivity contribution in [3.05, 3.63) is 42.5 Å². The minimum absolute atomic E-state index is 0.156. The number of aliphatic hydroxyl groups excluding tert-OH is 1. The number of hydrogen-bond acceptors (Lipinski definition) is 1. The molecule has 0 bridgehead atoms. The SMILES string of the molecule is C=C(C)[C@H]1C[C@@H](O)[C@H](C)[C@H]([Se]c2ccccc2)C1. The average Bonchev–Trinajstić information content (AvgIpc) is 2.35. The van der Waals surface area contributed by atoms with Gasteiger partial charge in [-0.2, -0.15) is 0 Å². The molecule has 2 heteroatoms. The van der Waals surface area contributed by atoms with E-state index < -0.39 is 0 Å². The molecule has 1 nitrogen and oxygen atoms in total. The Kier molecular flexibility index (Phi) is 4.66. The van der Waals surface area contributed by atoms with Gasteiger partial charge in [0.05, 0.1) is 0 Å². The third kappa shape index (κ3) is 3.26. The van der Waals surface area contributed by atoms with Crippen LogP contribution in [-0.2, 0) is 0 Å². The van der Waals surface area contributed by atoms with Crippen LogP contribution in [0.5, 0.6) is 0 Å². The summed E-state index contributed by atoms with van der Waals surface area (Å²) in [6, 6.07) is 10.7. The summed E-state index contributed by atoms with van der Waals surface area (Å²) in [4.78, 5) is 0.630. The molecular formula is C16H22OSe. The molecule has 0 saturated heterocycles. The topological polar surface area (TPSA) is 20.2 Å². The molecule has 0 aromatic heterocycles. The van der Waals surface area contributed by atoms with E-state index in [2.05, 4.69) is 50.8 Å². The Hall–Kier alpha value is -0.561. The first kappa shape index (κ1) is 13.9. The summed E-state index contributed by atoms with van der Waals surface area (Å²) in [5.41, 5.74) is 1.23. The summed E-state index contributed by atoms with van der Waals surface area (Å²) in [7, 11) is 0. The van der Waals surface area contributed by atoms with Gasteiger partial charge in [0.25, 0.3) is 0 Å². The molecule has 1 aromatic rings. The fraction of sp³-hybridized carbons (Fsp3) is 0.500. The zero-order valence-corrected chi connectivity index (χ0v) is 12.9. The van der Waals surface area contributed by atoms with Crippen LogP contribution in [0.3, 0.4) is 0 Å². The van der Waals surface area contributed by atoms with E-state index in [0.29, 0.717) is 31.6 Å². The molecule has 1 aromatic carbocycles. The number of aliphatic hydroxyl groups is 1. The summed E-state index contributed by atoms with van der Waals surface area (Å²) in [6.07, 6.45) is 1.94. The van der Waals surface area contributed by atoms with Gasteiger partial charge in [0, 0.05) is 0 Å². The van der Waals surface area contributed by atoms with Crippen LogP contribution in [0.1, 0.15) is 26.7 Å². The summed E-state index contributed by atoms with van der Waals surface area (Å²) in [6.45, 7) is 8.38. The average molecular weight is 309 g/mol. The van der Waals surface area contributed by atoms with Gasteiger partial charge in [-0.1, -0.05) is 0 Å². The van der Waals surface area contributed by atoms with Crippen molar-refractivity contribution in [3.8, 4) is 0 Å².